The Kier molecular flexibility index (Phi) is 5.31. The molecule has 1 amide bonds. The molecule has 0 aliphatic rings. The van der Waals surface area contributed by atoms with E-state index in [4.69, 9.17) is 0 Å². The van der Waals surface area contributed by atoms with Crippen molar-refractivity contribution in [1.82, 2.24) is 24.9 Å². The van der Waals surface area contributed by atoms with Crippen LogP contribution in [0.25, 0.3) is 10.9 Å². The van der Waals surface area contributed by atoms with Crippen LogP contribution in [-0.2, 0) is 18.4 Å². The van der Waals surface area contributed by atoms with E-state index in [2.05, 4.69) is 20.3 Å². The number of carbonyl (C=O) groups is 1. The Labute approximate surface area is 162 Å². The molecule has 1 atom stereocenters. The summed E-state index contributed by atoms with van der Waals surface area (Å²) in [6, 6.07) is 4.67. The summed E-state index contributed by atoms with van der Waals surface area (Å²) >= 11 is 0. The summed E-state index contributed by atoms with van der Waals surface area (Å²) in [4.78, 5) is 24.8. The smallest absolute Gasteiger partial charge is 0.406 e. The van der Waals surface area contributed by atoms with Crippen molar-refractivity contribution in [3.8, 4) is 5.75 Å². The molecule has 154 valence electrons. The average Bonchev–Trinajstić information content (AvgIpc) is 3.01. The number of aryl methyl sites for hydroxylation is 2. The van der Waals surface area contributed by atoms with Gasteiger partial charge in [-0.15, -0.1) is 13.2 Å². The molecule has 11 heteroatoms. The lowest BCUT2D eigenvalue weighted by Gasteiger charge is -2.16. The van der Waals surface area contributed by atoms with Gasteiger partial charge in [-0.05, 0) is 31.5 Å². The number of halogens is 3. The molecule has 2 aromatic heterocycles. The quantitative estimate of drug-likeness (QED) is 0.698. The number of ether oxygens (including phenoxy) is 1. The molecule has 29 heavy (non-hydrogen) atoms. The summed E-state index contributed by atoms with van der Waals surface area (Å²) in [5.74, 6) is -0.818. The number of hydrogen-bond acceptors (Lipinski definition) is 5. The van der Waals surface area contributed by atoms with E-state index in [1.165, 1.54) is 23.0 Å². The van der Waals surface area contributed by atoms with Crippen LogP contribution in [0.1, 0.15) is 24.2 Å². The van der Waals surface area contributed by atoms with Crippen LogP contribution < -0.4 is 15.6 Å². The first-order valence-electron chi connectivity index (χ1n) is 8.59. The lowest BCUT2D eigenvalue weighted by Crippen LogP contribution is -2.35. The second kappa shape index (κ2) is 7.57. The molecule has 0 radical (unpaired) electrons. The fourth-order valence-corrected chi connectivity index (χ4v) is 3.01. The molecule has 0 aliphatic heterocycles. The zero-order valence-electron chi connectivity index (χ0n) is 15.8. The molecule has 0 aliphatic carbocycles. The molecule has 0 saturated carbocycles. The van der Waals surface area contributed by atoms with Gasteiger partial charge in [0.2, 0.25) is 5.91 Å². The van der Waals surface area contributed by atoms with E-state index in [1.54, 1.807) is 20.9 Å². The number of fused-ring (bicyclic) bond motifs is 1. The highest BCUT2D eigenvalue weighted by Crippen LogP contribution is 2.24. The zero-order chi connectivity index (χ0) is 21.3. The van der Waals surface area contributed by atoms with Crippen molar-refractivity contribution < 1.29 is 22.7 Å². The lowest BCUT2D eigenvalue weighted by molar-refractivity contribution is -0.274. The predicted molar refractivity (Wildman–Crippen MR) is 97.2 cm³/mol. The van der Waals surface area contributed by atoms with E-state index in [9.17, 15) is 22.8 Å². The Morgan fingerprint density at radius 1 is 1.28 bits per heavy atom. The van der Waals surface area contributed by atoms with Crippen LogP contribution in [-0.4, -0.2) is 31.8 Å². The third-order valence-corrected chi connectivity index (χ3v) is 4.30. The van der Waals surface area contributed by atoms with Gasteiger partial charge in [0.15, 0.2) is 0 Å². The van der Waals surface area contributed by atoms with Crippen molar-refractivity contribution in [3.05, 3.63) is 52.1 Å². The second-order valence-electron chi connectivity index (χ2n) is 6.48. The third-order valence-electron chi connectivity index (χ3n) is 4.30. The minimum Gasteiger partial charge on any atom is -0.406 e. The number of benzene rings is 1. The number of aromatic nitrogens is 4. The molecule has 2 heterocycles. The van der Waals surface area contributed by atoms with Crippen molar-refractivity contribution in [2.75, 3.05) is 0 Å². The van der Waals surface area contributed by atoms with Gasteiger partial charge in [-0.3, -0.25) is 14.3 Å². The molecular weight excluding hydrogens is 391 g/mol. The van der Waals surface area contributed by atoms with Crippen LogP contribution in [0.3, 0.4) is 0 Å². The van der Waals surface area contributed by atoms with Crippen molar-refractivity contribution in [2.45, 2.75) is 32.8 Å². The number of hydrogen-bond donors (Lipinski definition) is 1. The van der Waals surface area contributed by atoms with Crippen LogP contribution in [0.5, 0.6) is 5.75 Å². The van der Waals surface area contributed by atoms with E-state index >= 15 is 0 Å². The van der Waals surface area contributed by atoms with E-state index in [-0.39, 0.29) is 12.3 Å². The van der Waals surface area contributed by atoms with Crippen molar-refractivity contribution in [1.29, 1.82) is 0 Å². The third kappa shape index (κ3) is 4.55. The van der Waals surface area contributed by atoms with Crippen LogP contribution in [0, 0.1) is 6.92 Å². The minimum atomic E-state index is -4.77. The van der Waals surface area contributed by atoms with Crippen LogP contribution in [0.15, 0.2) is 35.3 Å². The molecule has 0 bridgehead atoms. The monoisotopic (exact) mass is 409 g/mol. The fraction of sp³-hybridized carbons (Fsp3) is 0.333. The highest BCUT2D eigenvalue weighted by Gasteiger charge is 2.31. The highest BCUT2D eigenvalue weighted by molar-refractivity contribution is 5.80. The van der Waals surface area contributed by atoms with Gasteiger partial charge < -0.3 is 10.1 Å². The molecule has 3 aromatic rings. The van der Waals surface area contributed by atoms with E-state index in [0.29, 0.717) is 22.2 Å². The van der Waals surface area contributed by atoms with Gasteiger partial charge in [-0.25, -0.2) is 4.68 Å². The Bertz CT molecular complexity index is 1100. The maximum absolute atomic E-state index is 12.5. The fourth-order valence-electron chi connectivity index (χ4n) is 3.01. The summed E-state index contributed by atoms with van der Waals surface area (Å²) in [6.07, 6.45) is -3.34. The van der Waals surface area contributed by atoms with Gasteiger partial charge in [-0.2, -0.15) is 10.2 Å². The number of nitrogens with one attached hydrogen (secondary N) is 1. The molecule has 8 nitrogen and oxygen atoms in total. The molecular formula is C18H18F3N5O3. The molecule has 0 saturated heterocycles. The van der Waals surface area contributed by atoms with Gasteiger partial charge in [0.1, 0.15) is 12.3 Å². The number of amides is 1. The number of alkyl halides is 3. The van der Waals surface area contributed by atoms with Gasteiger partial charge in [0, 0.05) is 7.05 Å². The van der Waals surface area contributed by atoms with Crippen molar-refractivity contribution >= 4 is 16.8 Å². The molecule has 1 N–H and O–H groups in total. The lowest BCUT2D eigenvalue weighted by atomic mass is 10.1. The Morgan fingerprint density at radius 2 is 1.93 bits per heavy atom. The maximum atomic E-state index is 12.5. The summed E-state index contributed by atoms with van der Waals surface area (Å²) < 4.78 is 43.1. The van der Waals surface area contributed by atoms with E-state index in [0.717, 1.165) is 16.8 Å². The number of rotatable bonds is 5. The number of carbonyl (C=O) groups excluding carboxylic acids is 1. The van der Waals surface area contributed by atoms with Crippen LogP contribution in [0.4, 0.5) is 13.2 Å². The average molecular weight is 409 g/mol. The predicted octanol–water partition coefficient (Wildman–Crippen LogP) is 2.21. The Morgan fingerprint density at radius 3 is 2.55 bits per heavy atom. The van der Waals surface area contributed by atoms with Crippen LogP contribution in [0.2, 0.25) is 0 Å². The standard InChI is InChI=1S/C18H18F3N5O3/c1-10(12-4-6-13(7-5-12)29-18(19,20)21)23-15(27)9-26-17(28)14-8-22-25(3)16(14)11(2)24-26/h4-8,10H,9H2,1-3H3,(H,23,27)/t10-/m0/s1. The Balaban J connectivity index is 1.70. The topological polar surface area (TPSA) is 91.0 Å². The van der Waals surface area contributed by atoms with Gasteiger partial charge in [0.05, 0.1) is 28.8 Å². The summed E-state index contributed by atoms with van der Waals surface area (Å²) in [7, 11) is 1.69. The van der Waals surface area contributed by atoms with E-state index < -0.39 is 23.9 Å². The van der Waals surface area contributed by atoms with Gasteiger partial charge in [0.25, 0.3) is 5.56 Å². The first kappa shape index (κ1) is 20.4. The molecule has 0 fully saturated rings. The second-order valence-corrected chi connectivity index (χ2v) is 6.48. The van der Waals surface area contributed by atoms with Gasteiger partial charge >= 0.3 is 6.36 Å². The maximum Gasteiger partial charge on any atom is 0.573 e. The number of nitrogens with zero attached hydrogens (tertiary/aromatic N) is 4. The summed E-state index contributed by atoms with van der Waals surface area (Å²) in [5.41, 5.74) is 1.30. The largest absolute Gasteiger partial charge is 0.573 e. The first-order valence-corrected chi connectivity index (χ1v) is 8.59. The minimum absolute atomic E-state index is 0.301. The van der Waals surface area contributed by atoms with E-state index in [1.807, 2.05) is 0 Å². The molecule has 3 rings (SSSR count). The van der Waals surface area contributed by atoms with Crippen molar-refractivity contribution in [2.24, 2.45) is 7.05 Å². The SMILES string of the molecule is Cc1nn(CC(=O)N[C@@H](C)c2ccc(OC(F)(F)F)cc2)c(=O)c2cnn(C)c12. The summed E-state index contributed by atoms with van der Waals surface area (Å²) in [6.45, 7) is 3.08. The zero-order valence-corrected chi connectivity index (χ0v) is 15.8. The molecule has 0 spiro atoms. The summed E-state index contributed by atoms with van der Waals surface area (Å²) in [5, 5.41) is 11.2. The first-order chi connectivity index (χ1) is 13.5. The molecule has 1 aromatic carbocycles. The molecule has 0 unspecified atom stereocenters. The van der Waals surface area contributed by atoms with Crippen LogP contribution >= 0.6 is 0 Å². The van der Waals surface area contributed by atoms with Gasteiger partial charge in [-0.1, -0.05) is 12.1 Å². The highest BCUT2D eigenvalue weighted by atomic mass is 19.4. The normalized spacial score (nSPS) is 12.8. The van der Waals surface area contributed by atoms with Crippen molar-refractivity contribution in [3.63, 3.8) is 0 Å². The Hall–Kier alpha value is -3.37.